The molecule has 206 valence electrons. The minimum Gasteiger partial charge on any atom is -0.453 e. The lowest BCUT2D eigenvalue weighted by atomic mass is 9.98. The van der Waals surface area contributed by atoms with E-state index in [2.05, 4.69) is 50.8 Å². The standard InChI is InChI=1S/C25H33ClN6O4S2/c1-7-13-38(34,35)32-17-10-8-9-16(19(17)26)20-21(37-22(31-20)25(3,4)5)18-11-12-27-23(30-18)28-14-15(2)29-24(33)36-6/h8-12,15,32H,7,13-14H2,1-6H3,(H,29,33)(H,27,28,30)/t15-/m0/s1. The lowest BCUT2D eigenvalue weighted by molar-refractivity contribution is 0.168. The molecule has 0 saturated carbocycles. The van der Waals surface area contributed by atoms with E-state index in [1.807, 2.05) is 13.0 Å². The number of hydrogen-bond donors (Lipinski definition) is 3. The van der Waals surface area contributed by atoms with Crippen LogP contribution in [0.4, 0.5) is 16.4 Å². The van der Waals surface area contributed by atoms with Gasteiger partial charge < -0.3 is 15.4 Å². The summed E-state index contributed by atoms with van der Waals surface area (Å²) in [7, 11) is -2.22. The first kappa shape index (κ1) is 29.6. The fraction of sp³-hybridized carbons (Fsp3) is 0.440. The molecule has 0 saturated heterocycles. The van der Waals surface area contributed by atoms with Gasteiger partial charge in [-0.25, -0.2) is 28.2 Å². The summed E-state index contributed by atoms with van der Waals surface area (Å²) in [6.45, 7) is 10.2. The molecule has 1 aromatic carbocycles. The van der Waals surface area contributed by atoms with Crippen molar-refractivity contribution in [1.82, 2.24) is 20.3 Å². The van der Waals surface area contributed by atoms with Crippen molar-refractivity contribution in [3.63, 3.8) is 0 Å². The molecule has 2 aromatic heterocycles. The molecule has 1 atom stereocenters. The van der Waals surface area contributed by atoms with E-state index in [4.69, 9.17) is 16.6 Å². The maximum Gasteiger partial charge on any atom is 0.407 e. The van der Waals surface area contributed by atoms with Crippen LogP contribution in [0.5, 0.6) is 0 Å². The van der Waals surface area contributed by atoms with E-state index in [1.165, 1.54) is 18.4 Å². The number of amides is 1. The first-order valence-corrected chi connectivity index (χ1v) is 14.9. The second kappa shape index (κ2) is 12.3. The van der Waals surface area contributed by atoms with E-state index >= 15 is 0 Å². The van der Waals surface area contributed by atoms with Gasteiger partial charge in [0, 0.05) is 29.8 Å². The Kier molecular flexibility index (Phi) is 9.55. The van der Waals surface area contributed by atoms with E-state index in [0.29, 0.717) is 41.6 Å². The Hall–Kier alpha value is -2.96. The van der Waals surface area contributed by atoms with Crippen molar-refractivity contribution < 1.29 is 17.9 Å². The zero-order valence-electron chi connectivity index (χ0n) is 22.3. The summed E-state index contributed by atoms with van der Waals surface area (Å²) < 4.78 is 32.0. The number of anilines is 2. The van der Waals surface area contributed by atoms with Crippen molar-refractivity contribution >= 4 is 50.7 Å². The lowest BCUT2D eigenvalue weighted by Gasteiger charge is -2.14. The maximum absolute atomic E-state index is 12.4. The van der Waals surface area contributed by atoms with Gasteiger partial charge in [0.15, 0.2) is 0 Å². The highest BCUT2D eigenvalue weighted by molar-refractivity contribution is 7.92. The number of halogens is 1. The monoisotopic (exact) mass is 580 g/mol. The van der Waals surface area contributed by atoms with Gasteiger partial charge in [-0.15, -0.1) is 11.3 Å². The van der Waals surface area contributed by atoms with Crippen molar-refractivity contribution in [2.45, 2.75) is 52.5 Å². The summed E-state index contributed by atoms with van der Waals surface area (Å²) in [6, 6.07) is 6.75. The Morgan fingerprint density at radius 2 is 1.95 bits per heavy atom. The number of carbonyl (C=O) groups is 1. The highest BCUT2D eigenvalue weighted by Crippen LogP contribution is 2.43. The summed E-state index contributed by atoms with van der Waals surface area (Å²) in [5, 5.41) is 6.94. The Labute approximate surface area is 232 Å². The first-order chi connectivity index (χ1) is 17.8. The number of alkyl carbamates (subject to hydrolysis) is 1. The van der Waals surface area contributed by atoms with Gasteiger partial charge in [0.25, 0.3) is 0 Å². The summed E-state index contributed by atoms with van der Waals surface area (Å²) in [5.74, 6) is 0.374. The topological polar surface area (TPSA) is 135 Å². The van der Waals surface area contributed by atoms with Crippen LogP contribution >= 0.6 is 22.9 Å². The van der Waals surface area contributed by atoms with E-state index in [1.54, 1.807) is 31.3 Å². The average Bonchev–Trinajstić information content (AvgIpc) is 3.30. The lowest BCUT2D eigenvalue weighted by Crippen LogP contribution is -2.37. The molecule has 3 N–H and O–H groups in total. The summed E-state index contributed by atoms with van der Waals surface area (Å²) in [4.78, 5) is 26.1. The molecular formula is C25H33ClN6O4S2. The third kappa shape index (κ3) is 7.55. The molecule has 0 aliphatic rings. The Morgan fingerprint density at radius 3 is 2.61 bits per heavy atom. The fourth-order valence-corrected chi connectivity index (χ4v) is 5.97. The zero-order chi connectivity index (χ0) is 28.1. The minimum atomic E-state index is -3.53. The van der Waals surface area contributed by atoms with Gasteiger partial charge in [0.1, 0.15) is 0 Å². The second-order valence-corrected chi connectivity index (χ2v) is 12.9. The summed E-state index contributed by atoms with van der Waals surface area (Å²) in [6.07, 6.45) is 1.61. The van der Waals surface area contributed by atoms with Crippen LogP contribution in [-0.2, 0) is 20.2 Å². The average molecular weight is 581 g/mol. The number of sulfonamides is 1. The van der Waals surface area contributed by atoms with Gasteiger partial charge in [-0.05, 0) is 25.5 Å². The second-order valence-electron chi connectivity index (χ2n) is 9.72. The Morgan fingerprint density at radius 1 is 1.21 bits per heavy atom. The number of nitrogens with one attached hydrogen (secondary N) is 3. The van der Waals surface area contributed by atoms with Crippen LogP contribution in [0.25, 0.3) is 21.8 Å². The van der Waals surface area contributed by atoms with Crippen molar-refractivity contribution in [2.75, 3.05) is 29.4 Å². The van der Waals surface area contributed by atoms with Gasteiger partial charge in [0.2, 0.25) is 16.0 Å². The molecule has 0 radical (unpaired) electrons. The van der Waals surface area contributed by atoms with Crippen LogP contribution in [0.1, 0.15) is 46.0 Å². The Bertz CT molecular complexity index is 1390. The molecule has 0 aliphatic carbocycles. The third-order valence-electron chi connectivity index (χ3n) is 5.27. The molecule has 2 heterocycles. The molecule has 10 nitrogen and oxygen atoms in total. The quantitative estimate of drug-likeness (QED) is 0.285. The maximum atomic E-state index is 12.4. The van der Waals surface area contributed by atoms with E-state index < -0.39 is 16.1 Å². The van der Waals surface area contributed by atoms with Crippen LogP contribution in [0, 0.1) is 0 Å². The summed E-state index contributed by atoms with van der Waals surface area (Å²) >= 11 is 8.24. The highest BCUT2D eigenvalue weighted by Gasteiger charge is 2.26. The SMILES string of the molecule is CCCS(=O)(=O)Nc1cccc(-c2nc(C(C)(C)C)sc2-c2ccnc(NC[C@H](C)NC(=O)OC)n2)c1Cl. The predicted octanol–water partition coefficient (Wildman–Crippen LogP) is 5.53. The molecule has 3 rings (SSSR count). The molecule has 0 spiro atoms. The molecular weight excluding hydrogens is 548 g/mol. The van der Waals surface area contributed by atoms with Crippen molar-refractivity contribution in [2.24, 2.45) is 0 Å². The smallest absolute Gasteiger partial charge is 0.407 e. The van der Waals surface area contributed by atoms with Crippen LogP contribution in [-0.4, -0.2) is 54.9 Å². The number of thiazole rings is 1. The van der Waals surface area contributed by atoms with Gasteiger partial charge in [-0.3, -0.25) is 4.72 Å². The van der Waals surface area contributed by atoms with Crippen molar-refractivity contribution in [1.29, 1.82) is 0 Å². The molecule has 0 fully saturated rings. The number of hydrogen-bond acceptors (Lipinski definition) is 9. The number of aromatic nitrogens is 3. The highest BCUT2D eigenvalue weighted by atomic mass is 35.5. The number of methoxy groups -OCH3 is 1. The van der Waals surface area contributed by atoms with Gasteiger partial charge in [0.05, 0.1) is 44.8 Å². The summed E-state index contributed by atoms with van der Waals surface area (Å²) in [5.41, 5.74) is 1.88. The van der Waals surface area contributed by atoms with E-state index in [0.717, 1.165) is 9.88 Å². The van der Waals surface area contributed by atoms with Gasteiger partial charge in [-0.1, -0.05) is 51.4 Å². The fourth-order valence-electron chi connectivity index (χ4n) is 3.40. The molecule has 3 aromatic rings. The molecule has 0 bridgehead atoms. The normalized spacial score (nSPS) is 12.6. The number of ether oxygens (including phenoxy) is 1. The van der Waals surface area contributed by atoms with Crippen LogP contribution < -0.4 is 15.4 Å². The molecule has 1 amide bonds. The molecule has 13 heteroatoms. The minimum absolute atomic E-state index is 0.00580. The van der Waals surface area contributed by atoms with Gasteiger partial charge >= 0.3 is 6.09 Å². The van der Waals surface area contributed by atoms with E-state index in [9.17, 15) is 13.2 Å². The largest absolute Gasteiger partial charge is 0.453 e. The molecule has 0 aliphatic heterocycles. The van der Waals surface area contributed by atoms with Crippen LogP contribution in [0.2, 0.25) is 5.02 Å². The Balaban J connectivity index is 2.02. The number of rotatable bonds is 10. The molecule has 0 unspecified atom stereocenters. The number of nitrogens with zero attached hydrogens (tertiary/aromatic N) is 3. The third-order valence-corrected chi connectivity index (χ3v) is 8.65. The first-order valence-electron chi connectivity index (χ1n) is 12.1. The van der Waals surface area contributed by atoms with Crippen molar-refractivity contribution in [3.8, 4) is 21.8 Å². The zero-order valence-corrected chi connectivity index (χ0v) is 24.6. The predicted molar refractivity (Wildman–Crippen MR) is 153 cm³/mol. The number of benzene rings is 1. The van der Waals surface area contributed by atoms with E-state index in [-0.39, 0.29) is 22.2 Å². The van der Waals surface area contributed by atoms with Gasteiger partial charge in [-0.2, -0.15) is 0 Å². The van der Waals surface area contributed by atoms with Crippen LogP contribution in [0.15, 0.2) is 30.5 Å². The number of carbonyl (C=O) groups excluding carboxylic acids is 1. The van der Waals surface area contributed by atoms with Crippen molar-refractivity contribution in [3.05, 3.63) is 40.5 Å². The molecule has 38 heavy (non-hydrogen) atoms. The van der Waals surface area contributed by atoms with Crippen LogP contribution in [0.3, 0.4) is 0 Å².